The van der Waals surface area contributed by atoms with E-state index in [0.29, 0.717) is 19.0 Å². The molecule has 8 heteroatoms. The molecule has 1 N–H and O–H groups in total. The molecule has 0 aromatic rings. The number of nitrogens with one attached hydrogen (secondary N) is 1. The number of nitrogens with zero attached hydrogens (tertiary/aromatic N) is 1. The fourth-order valence-corrected chi connectivity index (χ4v) is 5.34. The summed E-state index contributed by atoms with van der Waals surface area (Å²) in [6.07, 6.45) is 3.14. The van der Waals surface area contributed by atoms with Crippen LogP contribution < -0.4 is 5.32 Å². The first-order valence-electron chi connectivity index (χ1n) is 6.61. The van der Waals surface area contributed by atoms with Crippen molar-refractivity contribution in [1.82, 2.24) is 9.62 Å². The Morgan fingerprint density at radius 1 is 1.21 bits per heavy atom. The van der Waals surface area contributed by atoms with Crippen LogP contribution in [-0.4, -0.2) is 65.1 Å². The molecule has 1 rings (SSSR count). The lowest BCUT2D eigenvalue weighted by atomic mass is 10.00. The summed E-state index contributed by atoms with van der Waals surface area (Å²) in [5.41, 5.74) is 0. The fourth-order valence-electron chi connectivity index (χ4n) is 2.19. The summed E-state index contributed by atoms with van der Waals surface area (Å²) < 4.78 is 47.8. The topological polar surface area (TPSA) is 83.6 Å². The molecule has 0 saturated carbocycles. The molecule has 0 bridgehead atoms. The van der Waals surface area contributed by atoms with Crippen molar-refractivity contribution in [2.24, 2.45) is 5.92 Å². The highest BCUT2D eigenvalue weighted by Crippen LogP contribution is 2.14. The van der Waals surface area contributed by atoms with Crippen LogP contribution in [0.5, 0.6) is 0 Å². The van der Waals surface area contributed by atoms with Gasteiger partial charge in [0.2, 0.25) is 10.0 Å². The van der Waals surface area contributed by atoms with Crippen LogP contribution in [-0.2, 0) is 19.9 Å². The first kappa shape index (κ1) is 16.9. The minimum absolute atomic E-state index is 0.311. The third-order valence-corrected chi connectivity index (χ3v) is 6.44. The molecule has 1 fully saturated rings. The Morgan fingerprint density at radius 3 is 2.37 bits per heavy atom. The van der Waals surface area contributed by atoms with Gasteiger partial charge in [-0.05, 0) is 31.8 Å². The molecule has 1 aliphatic rings. The van der Waals surface area contributed by atoms with Gasteiger partial charge in [-0.2, -0.15) is 0 Å². The SMILES string of the molecule is CCN(CC1CCCNC1)S(=O)(=O)CCS(C)(=O)=O. The zero-order valence-corrected chi connectivity index (χ0v) is 13.3. The Labute approximate surface area is 116 Å². The zero-order chi connectivity index (χ0) is 14.5. The maximum absolute atomic E-state index is 12.1. The minimum atomic E-state index is -3.48. The summed E-state index contributed by atoms with van der Waals surface area (Å²) in [6, 6.07) is 0. The van der Waals surface area contributed by atoms with Gasteiger partial charge >= 0.3 is 0 Å². The summed E-state index contributed by atoms with van der Waals surface area (Å²) in [5.74, 6) is -0.309. The van der Waals surface area contributed by atoms with Crippen molar-refractivity contribution >= 4 is 19.9 Å². The number of hydrogen-bond acceptors (Lipinski definition) is 5. The minimum Gasteiger partial charge on any atom is -0.316 e. The first-order valence-corrected chi connectivity index (χ1v) is 10.3. The first-order chi connectivity index (χ1) is 8.74. The van der Waals surface area contributed by atoms with E-state index in [1.165, 1.54) is 4.31 Å². The predicted octanol–water partition coefficient (Wildman–Crippen LogP) is -0.318. The molecule has 0 spiro atoms. The Morgan fingerprint density at radius 2 is 1.89 bits per heavy atom. The average Bonchev–Trinajstić information content (AvgIpc) is 2.34. The molecule has 1 aliphatic heterocycles. The Bertz CT molecular complexity index is 467. The smallest absolute Gasteiger partial charge is 0.215 e. The summed E-state index contributed by atoms with van der Waals surface area (Å²) in [5, 5.41) is 3.25. The second-order valence-corrected chi connectivity index (χ2v) is 9.46. The highest BCUT2D eigenvalue weighted by molar-refractivity contribution is 7.93. The molecule has 0 aromatic heterocycles. The molecule has 0 amide bonds. The molecular weight excluding hydrogens is 288 g/mol. The van der Waals surface area contributed by atoms with Gasteiger partial charge in [0.25, 0.3) is 0 Å². The predicted molar refractivity (Wildman–Crippen MR) is 76.3 cm³/mol. The number of sulfonamides is 1. The zero-order valence-electron chi connectivity index (χ0n) is 11.6. The standard InChI is InChI=1S/C11H24N2O4S2/c1-3-13(10-11-5-4-6-12-9-11)19(16,17)8-7-18(2,14)15/h11-12H,3-10H2,1-2H3. The summed E-state index contributed by atoms with van der Waals surface area (Å²) in [7, 11) is -6.73. The molecule has 6 nitrogen and oxygen atoms in total. The summed E-state index contributed by atoms with van der Waals surface area (Å²) in [4.78, 5) is 0. The van der Waals surface area contributed by atoms with E-state index in [1.807, 2.05) is 0 Å². The molecule has 1 atom stereocenters. The van der Waals surface area contributed by atoms with E-state index in [1.54, 1.807) is 6.92 Å². The summed E-state index contributed by atoms with van der Waals surface area (Å²) in [6.45, 7) is 4.48. The van der Waals surface area contributed by atoms with Crippen molar-refractivity contribution in [1.29, 1.82) is 0 Å². The van der Waals surface area contributed by atoms with E-state index in [-0.39, 0.29) is 11.5 Å². The van der Waals surface area contributed by atoms with Crippen LogP contribution in [0.4, 0.5) is 0 Å². The number of sulfone groups is 1. The van der Waals surface area contributed by atoms with Gasteiger partial charge in [-0.1, -0.05) is 6.92 Å². The van der Waals surface area contributed by atoms with Gasteiger partial charge in [-0.25, -0.2) is 21.1 Å². The van der Waals surface area contributed by atoms with E-state index in [4.69, 9.17) is 0 Å². The molecule has 0 radical (unpaired) electrons. The van der Waals surface area contributed by atoms with E-state index >= 15 is 0 Å². The van der Waals surface area contributed by atoms with E-state index < -0.39 is 19.9 Å². The third kappa shape index (κ3) is 6.20. The maximum atomic E-state index is 12.1. The number of rotatable bonds is 7. The van der Waals surface area contributed by atoms with Gasteiger partial charge < -0.3 is 5.32 Å². The van der Waals surface area contributed by atoms with Crippen LogP contribution >= 0.6 is 0 Å². The Hall–Kier alpha value is -0.180. The van der Waals surface area contributed by atoms with Gasteiger partial charge in [0.05, 0.1) is 11.5 Å². The van der Waals surface area contributed by atoms with E-state index in [9.17, 15) is 16.8 Å². The molecular formula is C11H24N2O4S2. The number of hydrogen-bond donors (Lipinski definition) is 1. The molecule has 114 valence electrons. The molecule has 1 heterocycles. The largest absolute Gasteiger partial charge is 0.316 e. The van der Waals surface area contributed by atoms with Crippen LogP contribution in [0.2, 0.25) is 0 Å². The maximum Gasteiger partial charge on any atom is 0.215 e. The van der Waals surface area contributed by atoms with Gasteiger partial charge in [0.1, 0.15) is 9.84 Å². The Balaban J connectivity index is 2.61. The lowest BCUT2D eigenvalue weighted by Crippen LogP contribution is -2.42. The highest BCUT2D eigenvalue weighted by Gasteiger charge is 2.25. The molecule has 19 heavy (non-hydrogen) atoms. The van der Waals surface area contributed by atoms with Crippen molar-refractivity contribution in [3.63, 3.8) is 0 Å². The highest BCUT2D eigenvalue weighted by atomic mass is 32.2. The molecule has 1 unspecified atom stereocenters. The normalized spacial score (nSPS) is 21.7. The van der Waals surface area contributed by atoms with E-state index in [2.05, 4.69) is 5.32 Å². The van der Waals surface area contributed by atoms with Crippen molar-refractivity contribution in [3.8, 4) is 0 Å². The third-order valence-electron chi connectivity index (χ3n) is 3.32. The lowest BCUT2D eigenvalue weighted by molar-refractivity contribution is 0.298. The Kier molecular flexibility index (Phi) is 6.22. The van der Waals surface area contributed by atoms with Crippen molar-refractivity contribution in [2.45, 2.75) is 19.8 Å². The fraction of sp³-hybridized carbons (Fsp3) is 1.00. The van der Waals surface area contributed by atoms with Crippen molar-refractivity contribution < 1.29 is 16.8 Å². The van der Waals surface area contributed by atoms with Gasteiger partial charge in [0.15, 0.2) is 0 Å². The van der Waals surface area contributed by atoms with Crippen LogP contribution in [0.1, 0.15) is 19.8 Å². The lowest BCUT2D eigenvalue weighted by Gasteiger charge is -2.28. The van der Waals surface area contributed by atoms with Gasteiger partial charge in [-0.15, -0.1) is 0 Å². The van der Waals surface area contributed by atoms with Crippen LogP contribution in [0.25, 0.3) is 0 Å². The van der Waals surface area contributed by atoms with Gasteiger partial charge in [0, 0.05) is 19.3 Å². The second-order valence-electron chi connectivity index (χ2n) is 5.11. The van der Waals surface area contributed by atoms with Crippen molar-refractivity contribution in [3.05, 3.63) is 0 Å². The molecule has 0 aliphatic carbocycles. The molecule has 0 aromatic carbocycles. The number of piperidine rings is 1. The second kappa shape index (κ2) is 7.01. The van der Waals surface area contributed by atoms with Crippen LogP contribution in [0.15, 0.2) is 0 Å². The van der Waals surface area contributed by atoms with Crippen LogP contribution in [0, 0.1) is 5.92 Å². The van der Waals surface area contributed by atoms with E-state index in [0.717, 1.165) is 32.2 Å². The molecule has 1 saturated heterocycles. The van der Waals surface area contributed by atoms with Gasteiger partial charge in [-0.3, -0.25) is 0 Å². The van der Waals surface area contributed by atoms with Crippen LogP contribution in [0.3, 0.4) is 0 Å². The quantitative estimate of drug-likeness (QED) is 0.697. The van der Waals surface area contributed by atoms with Crippen molar-refractivity contribution in [2.75, 3.05) is 43.9 Å². The summed E-state index contributed by atoms with van der Waals surface area (Å²) >= 11 is 0. The average molecular weight is 312 g/mol. The monoisotopic (exact) mass is 312 g/mol.